The van der Waals surface area contributed by atoms with Crippen molar-refractivity contribution in [3.8, 4) is 0 Å². The zero-order valence-electron chi connectivity index (χ0n) is 36.7. The summed E-state index contributed by atoms with van der Waals surface area (Å²) in [5.41, 5.74) is -7.37. The molecule has 0 aromatic heterocycles. The van der Waals surface area contributed by atoms with Gasteiger partial charge in [0.1, 0.15) is 0 Å². The third-order valence-corrected chi connectivity index (χ3v) is 61.4. The van der Waals surface area contributed by atoms with Crippen LogP contribution in [-0.4, -0.2) is 124 Å². The molecule has 6 heterocycles. The van der Waals surface area contributed by atoms with Crippen molar-refractivity contribution in [3.63, 3.8) is 0 Å². The Balaban J connectivity index is 2.05. The van der Waals surface area contributed by atoms with E-state index in [1.807, 2.05) is 0 Å². The van der Waals surface area contributed by atoms with E-state index in [0.717, 1.165) is 0 Å². The molecule has 0 radical (unpaired) electrons. The first kappa shape index (κ1) is 63.4. The van der Waals surface area contributed by atoms with Gasteiger partial charge in [0.25, 0.3) is 0 Å². The maximum atomic E-state index is 14.4. The van der Waals surface area contributed by atoms with Crippen LogP contribution in [0.25, 0.3) is 0 Å². The van der Waals surface area contributed by atoms with E-state index in [0.29, 0.717) is 0 Å². The van der Waals surface area contributed by atoms with Crippen LogP contribution in [0, 0.1) is 5.92 Å². The molecule has 6 aliphatic rings. The summed E-state index contributed by atoms with van der Waals surface area (Å²) in [6, 6.07) is -15.0. The molecule has 6 saturated heterocycles. The third kappa shape index (κ3) is 18.0. The normalized spacial score (nSPS) is 35.0. The molecule has 6 rings (SSSR count). The fourth-order valence-corrected chi connectivity index (χ4v) is 81.6. The van der Waals surface area contributed by atoms with Gasteiger partial charge in [0.2, 0.25) is 0 Å². The van der Waals surface area contributed by atoms with Crippen LogP contribution in [0.3, 0.4) is 0 Å². The molecule has 8 nitrogen and oxygen atoms in total. The van der Waals surface area contributed by atoms with Gasteiger partial charge in [0, 0.05) is 67.6 Å². The summed E-state index contributed by atoms with van der Waals surface area (Å²) in [5, 5.41) is 0. The Morgan fingerprint density at radius 3 is 0.493 bits per heavy atom. The lowest BCUT2D eigenvalue weighted by atomic mass is 10.1. The molecule has 0 amide bonds. The zero-order valence-corrected chi connectivity index (χ0v) is 44.7. The Morgan fingerprint density at radius 2 is 0.370 bits per heavy atom. The molecule has 0 N–H and O–H groups in total. The Bertz CT molecular complexity index is 1700. The molecule has 0 saturated carbocycles. The lowest BCUT2D eigenvalue weighted by molar-refractivity contribution is -0.284. The fourth-order valence-electron chi connectivity index (χ4n) is 9.82. The second-order valence-corrected chi connectivity index (χ2v) is 49.5. The van der Waals surface area contributed by atoms with Gasteiger partial charge in [-0.3, -0.25) is 0 Å². The van der Waals surface area contributed by atoms with Crippen LogP contribution in [0.5, 0.6) is 0 Å². The highest BCUT2D eigenvalue weighted by Crippen LogP contribution is 2.61. The van der Waals surface area contributed by atoms with Crippen molar-refractivity contribution in [1.29, 1.82) is 0 Å². The molecule has 0 aromatic carbocycles. The molecule has 0 aliphatic carbocycles. The van der Waals surface area contributed by atoms with Crippen LogP contribution in [0.1, 0.15) is 51.4 Å². The summed E-state index contributed by atoms with van der Waals surface area (Å²) in [4.78, 5) is 0. The molecule has 6 fully saturated rings. The topological polar surface area (TPSA) is 73.8 Å². The van der Waals surface area contributed by atoms with Gasteiger partial charge in [-0.25, -0.2) is 0 Å². The van der Waals surface area contributed by atoms with Gasteiger partial charge in [-0.05, 0) is 54.8 Å². The molecule has 8 unspecified atom stereocenters. The lowest BCUT2D eigenvalue weighted by Gasteiger charge is -2.66. The predicted octanol–water partition coefficient (Wildman–Crippen LogP) is 14.7. The molecule has 6 aliphatic heterocycles. The Kier molecular flexibility index (Phi) is 17.6. The maximum absolute atomic E-state index is 14.4. The van der Waals surface area contributed by atoms with Gasteiger partial charge in [-0.2, -0.15) is 119 Å². The first-order valence-electron chi connectivity index (χ1n) is 21.5. The van der Waals surface area contributed by atoms with E-state index in [4.69, 9.17) is 32.9 Å². The highest BCUT2D eigenvalue weighted by atomic mass is 28.6. The minimum atomic E-state index is -6.38. The monoisotopic (exact) mass is 1270 g/mol. The minimum absolute atomic E-state index is 1.79. The summed E-state index contributed by atoms with van der Waals surface area (Å²) in [7, 11) is -49.0. The lowest BCUT2D eigenvalue weighted by Crippen LogP contribution is -2.85. The Labute approximate surface area is 403 Å². The molecule has 73 heavy (non-hydrogen) atoms. The van der Waals surface area contributed by atoms with Crippen molar-refractivity contribution >= 4 is 68.5 Å². The summed E-state index contributed by atoms with van der Waals surface area (Å²) in [6.07, 6.45) is -70.0. The summed E-state index contributed by atoms with van der Waals surface area (Å²) in [6.45, 7) is 0. The van der Waals surface area contributed by atoms with Gasteiger partial charge in [-0.1, -0.05) is 0 Å². The van der Waals surface area contributed by atoms with Crippen molar-refractivity contribution in [1.82, 2.24) is 0 Å². The SMILES string of the molecule is FC(F)(F)CC[Si]12C[Si]3(CCC(F)(F)F)O[Si]4(CCC(F)(F)F)C[Si]5(CCC(F)(F)F)O[Si](CCC(F)(F)F)(C[Si](CCC(C(F)(F)F)C(F)(F)F)(O1)O4)O[Si](CCC(F)(F)F)(C[Si](CCC(F)(F)F)(O3)O5)O2. The standard InChI is InChI=1S/C30H41F27O8Si8/c31-22(32,33)2-10-67-17-66(9-1-21(29(52,53)54)30(55,56)57)58-68(11-3-23(34,35)36)18-70(60-67,13-5-25(40,41)42)64-73(16-8-28(49,50)51)20-72(61-67,15-7-27(46,47)48)63-69(59-66,12-4-24(37,38)39)19-71(62-68,65-73)14-6-26(43,44)45/h21H,1-20H2. The molecule has 8 atom stereocenters. The second-order valence-electron chi connectivity index (χ2n) is 18.8. The van der Waals surface area contributed by atoms with Gasteiger partial charge in [0.15, 0.2) is 5.92 Å². The fraction of sp³-hybridized carbons (Fsp3) is 1.00. The third-order valence-electron chi connectivity index (χ3n) is 12.3. The number of hydrogen-bond donors (Lipinski definition) is 0. The number of alkyl halides is 27. The summed E-state index contributed by atoms with van der Waals surface area (Å²) in [5.74, 6) is -4.56. The number of rotatable bonds is 17. The van der Waals surface area contributed by atoms with Crippen molar-refractivity contribution < 1.29 is 151 Å². The first-order chi connectivity index (χ1) is 32.3. The van der Waals surface area contributed by atoms with E-state index in [-0.39, 0.29) is 0 Å². The van der Waals surface area contributed by atoms with Crippen LogP contribution in [0.15, 0.2) is 0 Å². The van der Waals surface area contributed by atoms with Crippen molar-refractivity contribution in [2.75, 3.05) is 0 Å². The van der Waals surface area contributed by atoms with Gasteiger partial charge in [-0.15, -0.1) is 0 Å². The average molecular weight is 1270 g/mol. The van der Waals surface area contributed by atoms with Crippen LogP contribution in [-0.2, 0) is 32.9 Å². The molecule has 8 bridgehead atoms. The number of hydrogen-bond acceptors (Lipinski definition) is 8. The van der Waals surface area contributed by atoms with E-state index in [1.54, 1.807) is 0 Å². The van der Waals surface area contributed by atoms with Crippen LogP contribution >= 0.6 is 0 Å². The Hall–Kier alpha value is -0.475. The second kappa shape index (κ2) is 20.3. The zero-order chi connectivity index (χ0) is 55.9. The quantitative estimate of drug-likeness (QED) is 0.105. The van der Waals surface area contributed by atoms with Crippen molar-refractivity contribution in [2.24, 2.45) is 5.92 Å². The van der Waals surface area contributed by atoms with E-state index < -0.39 is 252 Å². The highest BCUT2D eigenvalue weighted by Gasteiger charge is 2.80. The van der Waals surface area contributed by atoms with E-state index >= 15 is 0 Å². The molecule has 0 spiro atoms. The molecule has 0 aromatic rings. The van der Waals surface area contributed by atoms with Crippen LogP contribution in [0.4, 0.5) is 119 Å². The Morgan fingerprint density at radius 1 is 0.233 bits per heavy atom. The van der Waals surface area contributed by atoms with Gasteiger partial charge >= 0.3 is 124 Å². The van der Waals surface area contributed by atoms with E-state index in [1.165, 1.54) is 0 Å². The van der Waals surface area contributed by atoms with E-state index in [9.17, 15) is 119 Å². The molecular formula is C30H41F27O8Si8. The first-order valence-corrected chi connectivity index (χ1v) is 39.3. The average Bonchev–Trinajstić information content (AvgIpc) is 3.09. The minimum Gasteiger partial charge on any atom is -0.415 e. The molecular weight excluding hydrogens is 1230 g/mol. The summed E-state index contributed by atoms with van der Waals surface area (Å²) >= 11 is 0. The van der Waals surface area contributed by atoms with Crippen molar-refractivity contribution in [2.45, 2.75) is 178 Å². The van der Waals surface area contributed by atoms with Crippen LogP contribution < -0.4 is 0 Å². The predicted molar refractivity (Wildman–Crippen MR) is 207 cm³/mol. The van der Waals surface area contributed by atoms with E-state index in [2.05, 4.69) is 0 Å². The molecule has 43 heteroatoms. The maximum Gasteiger partial charge on any atom is 0.400 e. The number of halogens is 27. The largest absolute Gasteiger partial charge is 0.415 e. The van der Waals surface area contributed by atoms with Gasteiger partial charge < -0.3 is 32.9 Å². The highest BCUT2D eigenvalue weighted by molar-refractivity contribution is 7.13. The van der Waals surface area contributed by atoms with Crippen molar-refractivity contribution in [3.05, 3.63) is 0 Å². The van der Waals surface area contributed by atoms with Gasteiger partial charge in [0.05, 0.1) is 0 Å². The summed E-state index contributed by atoms with van der Waals surface area (Å²) < 4.78 is 438. The molecule has 430 valence electrons. The van der Waals surface area contributed by atoms with Crippen LogP contribution in [0.2, 0.25) is 71.0 Å². The smallest absolute Gasteiger partial charge is 0.400 e.